The number of rotatable bonds is 5. The summed E-state index contributed by atoms with van der Waals surface area (Å²) in [5, 5.41) is 2.15. The van der Waals surface area contributed by atoms with Crippen LogP contribution >= 0.6 is 0 Å². The van der Waals surface area contributed by atoms with Gasteiger partial charge in [-0.05, 0) is 38.1 Å². The predicted molar refractivity (Wildman–Crippen MR) is 105 cm³/mol. The summed E-state index contributed by atoms with van der Waals surface area (Å²) in [5.74, 6) is -3.04. The van der Waals surface area contributed by atoms with Crippen LogP contribution < -0.4 is 16.0 Å². The van der Waals surface area contributed by atoms with Crippen LogP contribution in [0, 0.1) is 5.82 Å². The molecule has 1 aromatic rings. The number of carbonyl (C=O) groups excluding carboxylic acids is 4. The smallest absolute Gasteiger partial charge is 0.262 e. The molecule has 3 heterocycles. The van der Waals surface area contributed by atoms with Gasteiger partial charge in [-0.3, -0.25) is 34.3 Å². The number of fused-ring (bicyclic) bond motifs is 1. The van der Waals surface area contributed by atoms with Crippen LogP contribution in [0.3, 0.4) is 0 Å². The second kappa shape index (κ2) is 8.11. The second-order valence-electron chi connectivity index (χ2n) is 7.77. The van der Waals surface area contributed by atoms with Gasteiger partial charge in [0.05, 0.1) is 16.8 Å². The molecule has 1 atom stereocenters. The molecule has 1 aromatic carbocycles. The maximum atomic E-state index is 14.8. The van der Waals surface area contributed by atoms with E-state index < -0.39 is 35.5 Å². The van der Waals surface area contributed by atoms with Crippen molar-refractivity contribution in [3.8, 4) is 0 Å². The van der Waals surface area contributed by atoms with Crippen LogP contribution in [0.5, 0.6) is 0 Å². The normalized spacial score (nSPS) is 22.5. The molecule has 3 N–H and O–H groups in total. The highest BCUT2D eigenvalue weighted by Crippen LogP contribution is 2.33. The van der Waals surface area contributed by atoms with Crippen molar-refractivity contribution < 1.29 is 23.6 Å². The first-order valence-corrected chi connectivity index (χ1v) is 10.1. The Bertz CT molecular complexity index is 913. The lowest BCUT2D eigenvalue weighted by atomic mass is 10.0. The third-order valence-corrected chi connectivity index (χ3v) is 5.90. The largest absolute Gasteiger partial charge is 0.367 e. The van der Waals surface area contributed by atoms with Crippen LogP contribution in [0.15, 0.2) is 12.1 Å². The van der Waals surface area contributed by atoms with Gasteiger partial charge in [0, 0.05) is 32.6 Å². The highest BCUT2D eigenvalue weighted by molar-refractivity contribution is 6.23. The number of nitrogens with one attached hydrogen (secondary N) is 1. The fraction of sp³-hybridized carbons (Fsp3) is 0.500. The van der Waals surface area contributed by atoms with Gasteiger partial charge in [0.25, 0.3) is 11.8 Å². The number of anilines is 1. The number of hydrogen-bond acceptors (Lipinski definition) is 7. The van der Waals surface area contributed by atoms with Gasteiger partial charge in [-0.25, -0.2) is 4.39 Å². The highest BCUT2D eigenvalue weighted by Gasteiger charge is 2.45. The van der Waals surface area contributed by atoms with Crippen molar-refractivity contribution in [1.82, 2.24) is 15.1 Å². The molecule has 3 aliphatic rings. The molecule has 0 aromatic heterocycles. The minimum atomic E-state index is -1.06. The molecule has 30 heavy (non-hydrogen) atoms. The Labute approximate surface area is 173 Å². The number of carbonyl (C=O) groups is 4. The number of piperazine rings is 1. The second-order valence-corrected chi connectivity index (χ2v) is 7.77. The molecule has 0 spiro atoms. The lowest BCUT2D eigenvalue weighted by Gasteiger charge is -2.36. The minimum Gasteiger partial charge on any atom is -0.367 e. The topological polar surface area (TPSA) is 116 Å². The van der Waals surface area contributed by atoms with Gasteiger partial charge in [0.2, 0.25) is 11.8 Å². The van der Waals surface area contributed by atoms with Crippen LogP contribution in [0.25, 0.3) is 0 Å². The molecular formula is C20H24FN5O4. The number of imide groups is 2. The van der Waals surface area contributed by atoms with E-state index >= 15 is 0 Å². The fourth-order valence-corrected chi connectivity index (χ4v) is 4.25. The summed E-state index contributed by atoms with van der Waals surface area (Å²) in [7, 11) is 0. The van der Waals surface area contributed by atoms with Gasteiger partial charge in [-0.1, -0.05) is 0 Å². The zero-order chi connectivity index (χ0) is 21.4. The Hall–Kier alpha value is -2.85. The van der Waals surface area contributed by atoms with E-state index in [4.69, 9.17) is 5.73 Å². The average Bonchev–Trinajstić information content (AvgIpc) is 2.96. The average molecular weight is 417 g/mol. The van der Waals surface area contributed by atoms with E-state index in [1.165, 1.54) is 6.07 Å². The minimum absolute atomic E-state index is 0.0395. The number of nitrogens with two attached hydrogens (primary N) is 1. The Morgan fingerprint density at radius 3 is 2.33 bits per heavy atom. The monoisotopic (exact) mass is 417 g/mol. The molecule has 0 radical (unpaired) electrons. The molecule has 10 heteroatoms. The fourth-order valence-electron chi connectivity index (χ4n) is 4.25. The van der Waals surface area contributed by atoms with E-state index in [2.05, 4.69) is 10.2 Å². The van der Waals surface area contributed by atoms with E-state index in [1.807, 2.05) is 4.90 Å². The number of nitrogens with zero attached hydrogens (tertiary/aromatic N) is 3. The van der Waals surface area contributed by atoms with E-state index in [0.29, 0.717) is 19.6 Å². The van der Waals surface area contributed by atoms with Crippen molar-refractivity contribution in [1.29, 1.82) is 0 Å². The molecular weight excluding hydrogens is 393 g/mol. The lowest BCUT2D eigenvalue weighted by Crippen LogP contribution is -2.54. The van der Waals surface area contributed by atoms with Crippen molar-refractivity contribution >= 4 is 29.3 Å². The Balaban J connectivity index is 1.54. The molecule has 4 rings (SSSR count). The Morgan fingerprint density at radius 2 is 1.70 bits per heavy atom. The van der Waals surface area contributed by atoms with E-state index in [-0.39, 0.29) is 29.7 Å². The lowest BCUT2D eigenvalue weighted by molar-refractivity contribution is -0.136. The zero-order valence-corrected chi connectivity index (χ0v) is 16.5. The van der Waals surface area contributed by atoms with Crippen molar-refractivity contribution in [2.45, 2.75) is 25.3 Å². The first-order valence-electron chi connectivity index (χ1n) is 10.1. The standard InChI is InChI=1S/C20H24FN5O4/c21-14-10-12-13(11-16(14)25-8-6-24(7-9-25)5-1-4-22)20(30)26(19(12)29)15-2-3-17(27)23-18(15)28/h10-11,15H,1-9,22H2,(H,23,27,28). The molecule has 0 aliphatic carbocycles. The molecule has 2 saturated heterocycles. The van der Waals surface area contributed by atoms with Crippen LogP contribution in [0.2, 0.25) is 0 Å². The van der Waals surface area contributed by atoms with Crippen molar-refractivity contribution in [2.24, 2.45) is 5.73 Å². The Kier molecular flexibility index (Phi) is 5.52. The molecule has 0 saturated carbocycles. The number of halogens is 1. The summed E-state index contributed by atoms with van der Waals surface area (Å²) >= 11 is 0. The van der Waals surface area contributed by atoms with Crippen LogP contribution in [0.4, 0.5) is 10.1 Å². The van der Waals surface area contributed by atoms with Crippen LogP contribution in [0.1, 0.15) is 40.0 Å². The molecule has 3 aliphatic heterocycles. The maximum absolute atomic E-state index is 14.8. The number of piperidine rings is 1. The highest BCUT2D eigenvalue weighted by atomic mass is 19.1. The molecule has 0 bridgehead atoms. The third-order valence-electron chi connectivity index (χ3n) is 5.90. The summed E-state index contributed by atoms with van der Waals surface area (Å²) in [6.45, 7) is 4.22. The molecule has 160 valence electrons. The van der Waals surface area contributed by atoms with Gasteiger partial charge < -0.3 is 10.6 Å². The van der Waals surface area contributed by atoms with Crippen LogP contribution in [-0.2, 0) is 9.59 Å². The number of hydrogen-bond donors (Lipinski definition) is 2. The van der Waals surface area contributed by atoms with Gasteiger partial charge >= 0.3 is 0 Å². The SMILES string of the molecule is NCCCN1CCN(c2cc3c(cc2F)C(=O)N(C2CCC(=O)NC2=O)C3=O)CC1. The Morgan fingerprint density at radius 1 is 1.03 bits per heavy atom. The summed E-state index contributed by atoms with van der Waals surface area (Å²) in [5.41, 5.74) is 5.87. The molecule has 4 amide bonds. The number of amides is 4. The molecule has 1 unspecified atom stereocenters. The third kappa shape index (κ3) is 3.56. The first kappa shape index (κ1) is 20.4. The van der Waals surface area contributed by atoms with E-state index in [1.54, 1.807) is 0 Å². The predicted octanol–water partition coefficient (Wildman–Crippen LogP) is -0.302. The molecule has 9 nitrogen and oxygen atoms in total. The summed E-state index contributed by atoms with van der Waals surface area (Å²) in [6.07, 6.45) is 1.01. The quantitative estimate of drug-likeness (QED) is 0.632. The molecule has 2 fully saturated rings. The number of benzene rings is 1. The summed E-state index contributed by atoms with van der Waals surface area (Å²) in [6, 6.07) is 1.43. The van der Waals surface area contributed by atoms with Crippen molar-refractivity contribution in [3.63, 3.8) is 0 Å². The summed E-state index contributed by atoms with van der Waals surface area (Å²) < 4.78 is 14.8. The van der Waals surface area contributed by atoms with Crippen molar-refractivity contribution in [2.75, 3.05) is 44.2 Å². The van der Waals surface area contributed by atoms with Gasteiger partial charge in [-0.2, -0.15) is 0 Å². The van der Waals surface area contributed by atoms with Gasteiger partial charge in [-0.15, -0.1) is 0 Å². The maximum Gasteiger partial charge on any atom is 0.262 e. The van der Waals surface area contributed by atoms with Gasteiger partial charge in [0.1, 0.15) is 11.9 Å². The zero-order valence-electron chi connectivity index (χ0n) is 16.5. The van der Waals surface area contributed by atoms with Gasteiger partial charge in [0.15, 0.2) is 0 Å². The van der Waals surface area contributed by atoms with Crippen LogP contribution in [-0.4, -0.2) is 78.7 Å². The summed E-state index contributed by atoms with van der Waals surface area (Å²) in [4.78, 5) is 54.2. The van der Waals surface area contributed by atoms with E-state index in [0.717, 1.165) is 37.0 Å². The first-order chi connectivity index (χ1) is 14.4. The van der Waals surface area contributed by atoms with E-state index in [9.17, 15) is 23.6 Å². The van der Waals surface area contributed by atoms with Crippen molar-refractivity contribution in [3.05, 3.63) is 29.1 Å².